The Labute approximate surface area is 136 Å². The predicted octanol–water partition coefficient (Wildman–Crippen LogP) is 1.32. The van der Waals surface area contributed by atoms with Gasteiger partial charge in [-0.15, -0.1) is 12.4 Å². The number of carbonyl (C=O) groups is 1. The molecule has 0 saturated heterocycles. The summed E-state index contributed by atoms with van der Waals surface area (Å²) in [4.78, 5) is 12.1. The average Bonchev–Trinajstić information content (AvgIpc) is 2.92. The highest BCUT2D eigenvalue weighted by atomic mass is 35.5. The van der Waals surface area contributed by atoms with E-state index in [1.54, 1.807) is 10.7 Å². The molecule has 0 spiro atoms. The van der Waals surface area contributed by atoms with Crippen LogP contribution < -0.4 is 11.1 Å². The molecule has 2 rings (SSSR count). The SMILES string of the molecule is Cc1nn(C)c(C)c1-c1cc(C(=O)NCC(C)(C)N)[nH]n1.Cl. The van der Waals surface area contributed by atoms with Gasteiger partial charge < -0.3 is 11.1 Å². The summed E-state index contributed by atoms with van der Waals surface area (Å²) in [5.41, 5.74) is 9.38. The second kappa shape index (κ2) is 6.50. The molecule has 8 heteroatoms. The quantitative estimate of drug-likeness (QED) is 0.788. The second-order valence-electron chi connectivity index (χ2n) is 6.01. The first kappa shape index (κ1) is 18.2. The van der Waals surface area contributed by atoms with Crippen LogP contribution in [0, 0.1) is 13.8 Å². The van der Waals surface area contributed by atoms with Crippen molar-refractivity contribution in [2.45, 2.75) is 33.2 Å². The summed E-state index contributed by atoms with van der Waals surface area (Å²) in [6.07, 6.45) is 0. The van der Waals surface area contributed by atoms with Crippen molar-refractivity contribution in [2.75, 3.05) is 6.54 Å². The zero-order valence-electron chi connectivity index (χ0n) is 13.5. The summed E-state index contributed by atoms with van der Waals surface area (Å²) in [6.45, 7) is 8.00. The fourth-order valence-electron chi connectivity index (χ4n) is 2.11. The summed E-state index contributed by atoms with van der Waals surface area (Å²) < 4.78 is 1.80. The van der Waals surface area contributed by atoms with Crippen molar-refractivity contribution in [2.24, 2.45) is 12.8 Å². The molecule has 7 nitrogen and oxygen atoms in total. The molecule has 0 bridgehead atoms. The van der Waals surface area contributed by atoms with Crippen molar-refractivity contribution in [3.8, 4) is 11.3 Å². The molecule has 0 atom stereocenters. The average molecular weight is 327 g/mol. The lowest BCUT2D eigenvalue weighted by molar-refractivity contribution is 0.0941. The van der Waals surface area contributed by atoms with Crippen LogP contribution in [0.4, 0.5) is 0 Å². The number of aromatic nitrogens is 4. The largest absolute Gasteiger partial charge is 0.349 e. The Kier molecular flexibility index (Phi) is 5.37. The third-order valence-corrected chi connectivity index (χ3v) is 3.29. The molecule has 0 radical (unpaired) electrons. The summed E-state index contributed by atoms with van der Waals surface area (Å²) in [6, 6.07) is 1.73. The minimum atomic E-state index is -0.449. The number of aryl methyl sites for hydroxylation is 2. The van der Waals surface area contributed by atoms with E-state index < -0.39 is 5.54 Å². The molecule has 0 saturated carbocycles. The zero-order valence-corrected chi connectivity index (χ0v) is 14.3. The predicted molar refractivity (Wildman–Crippen MR) is 88.1 cm³/mol. The van der Waals surface area contributed by atoms with Gasteiger partial charge in [0.1, 0.15) is 5.69 Å². The van der Waals surface area contributed by atoms with E-state index >= 15 is 0 Å². The van der Waals surface area contributed by atoms with Crippen molar-refractivity contribution < 1.29 is 4.79 Å². The molecule has 2 aromatic heterocycles. The lowest BCUT2D eigenvalue weighted by atomic mass is 10.1. The Bertz CT molecular complexity index is 667. The van der Waals surface area contributed by atoms with Gasteiger partial charge in [-0.25, -0.2) is 0 Å². The molecular weight excluding hydrogens is 304 g/mol. The lowest BCUT2D eigenvalue weighted by Gasteiger charge is -2.18. The van der Waals surface area contributed by atoms with Crippen molar-refractivity contribution in [1.29, 1.82) is 0 Å². The topological polar surface area (TPSA) is 102 Å². The van der Waals surface area contributed by atoms with E-state index in [1.165, 1.54) is 0 Å². The first-order chi connectivity index (χ1) is 9.69. The van der Waals surface area contributed by atoms with Crippen LogP contribution in [0.25, 0.3) is 11.3 Å². The van der Waals surface area contributed by atoms with Crippen LogP contribution in [0.15, 0.2) is 6.07 Å². The van der Waals surface area contributed by atoms with Gasteiger partial charge in [-0.2, -0.15) is 10.2 Å². The number of nitrogens with two attached hydrogens (primary N) is 1. The molecule has 22 heavy (non-hydrogen) atoms. The van der Waals surface area contributed by atoms with Crippen LogP contribution in [0.3, 0.4) is 0 Å². The number of amides is 1. The Morgan fingerprint density at radius 3 is 2.59 bits per heavy atom. The number of hydrogen-bond acceptors (Lipinski definition) is 4. The summed E-state index contributed by atoms with van der Waals surface area (Å²) >= 11 is 0. The molecule has 0 aliphatic heterocycles. The molecule has 0 unspecified atom stereocenters. The van der Waals surface area contributed by atoms with E-state index in [0.717, 1.165) is 22.6 Å². The molecule has 2 aromatic rings. The highest BCUT2D eigenvalue weighted by Crippen LogP contribution is 2.25. The number of rotatable bonds is 4. The van der Waals surface area contributed by atoms with Crippen molar-refractivity contribution in [1.82, 2.24) is 25.3 Å². The van der Waals surface area contributed by atoms with E-state index in [0.29, 0.717) is 12.2 Å². The zero-order chi connectivity index (χ0) is 15.8. The third kappa shape index (κ3) is 3.86. The van der Waals surface area contributed by atoms with Crippen LogP contribution in [0.2, 0.25) is 0 Å². The number of nitrogens with one attached hydrogen (secondary N) is 2. The minimum absolute atomic E-state index is 0. The minimum Gasteiger partial charge on any atom is -0.349 e. The van der Waals surface area contributed by atoms with Gasteiger partial charge in [0.2, 0.25) is 0 Å². The Balaban J connectivity index is 0.00000242. The maximum Gasteiger partial charge on any atom is 0.269 e. The fraction of sp³-hybridized carbons (Fsp3) is 0.500. The molecule has 4 N–H and O–H groups in total. The second-order valence-corrected chi connectivity index (χ2v) is 6.01. The van der Waals surface area contributed by atoms with Crippen LogP contribution in [-0.2, 0) is 7.05 Å². The van der Waals surface area contributed by atoms with Crippen molar-refractivity contribution >= 4 is 18.3 Å². The van der Waals surface area contributed by atoms with Crippen LogP contribution in [-0.4, -0.2) is 38.0 Å². The molecule has 0 fully saturated rings. The summed E-state index contributed by atoms with van der Waals surface area (Å²) in [5, 5.41) is 14.1. The van der Waals surface area contributed by atoms with Gasteiger partial charge in [0.25, 0.3) is 5.91 Å². The van der Waals surface area contributed by atoms with Gasteiger partial charge in [0.05, 0.1) is 11.4 Å². The molecule has 0 aromatic carbocycles. The van der Waals surface area contributed by atoms with Crippen LogP contribution in [0.1, 0.15) is 35.7 Å². The van der Waals surface area contributed by atoms with Gasteiger partial charge in [0, 0.05) is 30.4 Å². The van der Waals surface area contributed by atoms with Gasteiger partial charge in [-0.1, -0.05) is 0 Å². The van der Waals surface area contributed by atoms with Gasteiger partial charge in [0.15, 0.2) is 0 Å². The van der Waals surface area contributed by atoms with E-state index in [1.807, 2.05) is 34.7 Å². The molecule has 122 valence electrons. The number of carbonyl (C=O) groups excluding carboxylic acids is 1. The Hall–Kier alpha value is -1.86. The highest BCUT2D eigenvalue weighted by molar-refractivity contribution is 5.93. The molecule has 2 heterocycles. The number of nitrogens with zero attached hydrogens (tertiary/aromatic N) is 3. The van der Waals surface area contributed by atoms with Crippen molar-refractivity contribution in [3.05, 3.63) is 23.1 Å². The standard InChI is InChI=1S/C14H22N6O.ClH/c1-8-12(9(2)20(5)19-8)10-6-11(18-17-10)13(21)16-7-14(3,4)15;/h6H,7,15H2,1-5H3,(H,16,21)(H,17,18);1H. The number of aromatic amines is 1. The smallest absolute Gasteiger partial charge is 0.269 e. The van der Waals surface area contributed by atoms with E-state index in [-0.39, 0.29) is 18.3 Å². The van der Waals surface area contributed by atoms with E-state index in [2.05, 4.69) is 20.6 Å². The monoisotopic (exact) mass is 326 g/mol. The normalized spacial score (nSPS) is 11.2. The Morgan fingerprint density at radius 2 is 2.09 bits per heavy atom. The number of hydrogen-bond donors (Lipinski definition) is 3. The fourth-order valence-corrected chi connectivity index (χ4v) is 2.11. The lowest BCUT2D eigenvalue weighted by Crippen LogP contribution is -2.45. The highest BCUT2D eigenvalue weighted by Gasteiger charge is 2.18. The first-order valence-corrected chi connectivity index (χ1v) is 6.82. The summed E-state index contributed by atoms with van der Waals surface area (Å²) in [5.74, 6) is -0.216. The van der Waals surface area contributed by atoms with Gasteiger partial charge in [-0.05, 0) is 33.8 Å². The number of halogens is 1. The number of H-pyrrole nitrogens is 1. The van der Waals surface area contributed by atoms with Crippen LogP contribution in [0.5, 0.6) is 0 Å². The maximum atomic E-state index is 12.1. The van der Waals surface area contributed by atoms with Gasteiger partial charge >= 0.3 is 0 Å². The molecule has 1 amide bonds. The first-order valence-electron chi connectivity index (χ1n) is 6.82. The van der Waals surface area contributed by atoms with E-state index in [9.17, 15) is 4.79 Å². The van der Waals surface area contributed by atoms with E-state index in [4.69, 9.17) is 5.73 Å². The molecule has 0 aliphatic carbocycles. The summed E-state index contributed by atoms with van der Waals surface area (Å²) in [7, 11) is 1.88. The van der Waals surface area contributed by atoms with Crippen LogP contribution >= 0.6 is 12.4 Å². The molecular formula is C14H23ClN6O. The third-order valence-electron chi connectivity index (χ3n) is 3.29. The van der Waals surface area contributed by atoms with Gasteiger partial charge in [-0.3, -0.25) is 14.6 Å². The van der Waals surface area contributed by atoms with Crippen molar-refractivity contribution in [3.63, 3.8) is 0 Å². The Morgan fingerprint density at radius 1 is 1.45 bits per heavy atom. The maximum absolute atomic E-state index is 12.1. The molecule has 0 aliphatic rings.